The van der Waals surface area contributed by atoms with Crippen molar-refractivity contribution in [1.82, 2.24) is 19.8 Å². The van der Waals surface area contributed by atoms with E-state index in [1.807, 2.05) is 78.5 Å². The summed E-state index contributed by atoms with van der Waals surface area (Å²) >= 11 is 0. The number of aromatic nitrogens is 2. The topological polar surface area (TPSA) is 79.3 Å². The van der Waals surface area contributed by atoms with E-state index in [0.717, 1.165) is 17.1 Å². The highest BCUT2D eigenvalue weighted by Gasteiger charge is 2.30. The Hall–Kier alpha value is -3.61. The van der Waals surface area contributed by atoms with Crippen LogP contribution >= 0.6 is 0 Å². The molecule has 0 aliphatic carbocycles. The number of amides is 3. The maximum absolute atomic E-state index is 13.1. The van der Waals surface area contributed by atoms with Crippen molar-refractivity contribution < 1.29 is 9.59 Å². The Bertz CT molecular complexity index is 1010. The van der Waals surface area contributed by atoms with Crippen LogP contribution in [0.15, 0.2) is 73.1 Å². The third-order valence-corrected chi connectivity index (χ3v) is 5.71. The number of para-hydroxylation sites is 1. The number of likely N-dealkylation sites (tertiary alicyclic amines) is 1. The lowest BCUT2D eigenvalue weighted by Crippen LogP contribution is -2.45. The van der Waals surface area contributed by atoms with E-state index in [0.29, 0.717) is 25.9 Å². The number of carbonyl (C=O) groups excluding carboxylic acids is 2. The van der Waals surface area contributed by atoms with E-state index < -0.39 is 0 Å². The van der Waals surface area contributed by atoms with Gasteiger partial charge in [0.1, 0.15) is 11.9 Å². The van der Waals surface area contributed by atoms with Crippen LogP contribution in [-0.2, 0) is 11.8 Å². The quantitative estimate of drug-likeness (QED) is 0.666. The molecule has 0 unspecified atom stereocenters. The summed E-state index contributed by atoms with van der Waals surface area (Å²) in [7, 11) is 1.92. The molecule has 0 saturated carbocycles. The maximum atomic E-state index is 13.1. The number of hydrogen-bond acceptors (Lipinski definition) is 3. The van der Waals surface area contributed by atoms with Gasteiger partial charge >= 0.3 is 6.03 Å². The molecule has 160 valence electrons. The van der Waals surface area contributed by atoms with E-state index in [2.05, 4.69) is 15.6 Å². The van der Waals surface area contributed by atoms with Gasteiger partial charge in [-0.25, -0.2) is 9.78 Å². The molecule has 1 aliphatic heterocycles. The lowest BCUT2D eigenvalue weighted by atomic mass is 9.95. The Kier molecular flexibility index (Phi) is 6.31. The number of carbonyl (C=O) groups is 2. The number of nitrogens with zero attached hydrogens (tertiary/aromatic N) is 3. The molecule has 1 aromatic heterocycles. The van der Waals surface area contributed by atoms with E-state index in [1.165, 1.54) is 0 Å². The SMILES string of the molecule is Cn1ccnc1[C@H](NC(=O)C1CCN(C(=O)Nc2ccccc2)CC1)c1ccccc1. The van der Waals surface area contributed by atoms with Gasteiger partial charge < -0.3 is 20.1 Å². The first-order valence-corrected chi connectivity index (χ1v) is 10.6. The Morgan fingerprint density at radius 2 is 1.65 bits per heavy atom. The van der Waals surface area contributed by atoms with Gasteiger partial charge in [-0.15, -0.1) is 0 Å². The molecule has 31 heavy (non-hydrogen) atoms. The molecule has 7 nitrogen and oxygen atoms in total. The highest BCUT2D eigenvalue weighted by molar-refractivity contribution is 5.89. The largest absolute Gasteiger partial charge is 0.342 e. The average Bonchev–Trinajstić information content (AvgIpc) is 3.24. The summed E-state index contributed by atoms with van der Waals surface area (Å²) in [5, 5.41) is 6.10. The van der Waals surface area contributed by atoms with Gasteiger partial charge in [0.25, 0.3) is 0 Å². The first-order chi connectivity index (χ1) is 15.1. The van der Waals surface area contributed by atoms with Gasteiger partial charge in [0.2, 0.25) is 5.91 Å². The van der Waals surface area contributed by atoms with E-state index in [-0.39, 0.29) is 23.9 Å². The Morgan fingerprint density at radius 1 is 1.00 bits per heavy atom. The molecule has 0 bridgehead atoms. The average molecular weight is 418 g/mol. The fourth-order valence-electron chi connectivity index (χ4n) is 3.93. The maximum Gasteiger partial charge on any atom is 0.321 e. The van der Waals surface area contributed by atoms with E-state index >= 15 is 0 Å². The normalized spacial score (nSPS) is 15.3. The molecule has 1 aliphatic rings. The van der Waals surface area contributed by atoms with Gasteiger partial charge in [-0.05, 0) is 30.5 Å². The van der Waals surface area contributed by atoms with Crippen molar-refractivity contribution in [3.8, 4) is 0 Å². The molecule has 4 rings (SSSR count). The molecule has 3 aromatic rings. The number of aryl methyl sites for hydroxylation is 1. The van der Waals surface area contributed by atoms with Crippen molar-refractivity contribution in [2.75, 3.05) is 18.4 Å². The second kappa shape index (κ2) is 9.47. The van der Waals surface area contributed by atoms with Crippen LogP contribution in [-0.4, -0.2) is 39.5 Å². The smallest absolute Gasteiger partial charge is 0.321 e. The van der Waals surface area contributed by atoms with Crippen molar-refractivity contribution in [3.63, 3.8) is 0 Å². The van der Waals surface area contributed by atoms with Gasteiger partial charge in [-0.3, -0.25) is 4.79 Å². The number of imidazole rings is 1. The lowest BCUT2D eigenvalue weighted by Gasteiger charge is -2.32. The third kappa shape index (κ3) is 4.94. The number of rotatable bonds is 5. The molecule has 0 radical (unpaired) electrons. The second-order valence-corrected chi connectivity index (χ2v) is 7.81. The number of nitrogens with one attached hydrogen (secondary N) is 2. The fourth-order valence-corrected chi connectivity index (χ4v) is 3.93. The molecule has 1 atom stereocenters. The van der Waals surface area contributed by atoms with Crippen LogP contribution in [0.25, 0.3) is 0 Å². The zero-order chi connectivity index (χ0) is 21.6. The molecule has 1 fully saturated rings. The van der Waals surface area contributed by atoms with Crippen molar-refractivity contribution in [1.29, 1.82) is 0 Å². The monoisotopic (exact) mass is 417 g/mol. The summed E-state index contributed by atoms with van der Waals surface area (Å²) in [5.41, 5.74) is 1.76. The summed E-state index contributed by atoms with van der Waals surface area (Å²) in [6.07, 6.45) is 4.88. The molecular weight excluding hydrogens is 390 g/mol. The highest BCUT2D eigenvalue weighted by atomic mass is 16.2. The Labute approximate surface area is 182 Å². The molecule has 2 N–H and O–H groups in total. The van der Waals surface area contributed by atoms with Gasteiger partial charge in [0.05, 0.1) is 0 Å². The number of piperidine rings is 1. The minimum atomic E-state index is -0.312. The molecular formula is C24H27N5O2. The van der Waals surface area contributed by atoms with Gasteiger partial charge in [0, 0.05) is 44.1 Å². The van der Waals surface area contributed by atoms with Crippen LogP contribution in [0.5, 0.6) is 0 Å². The predicted octanol–water partition coefficient (Wildman–Crippen LogP) is 3.57. The lowest BCUT2D eigenvalue weighted by molar-refractivity contribution is -0.126. The van der Waals surface area contributed by atoms with Crippen LogP contribution in [0, 0.1) is 5.92 Å². The van der Waals surface area contributed by atoms with Crippen molar-refractivity contribution in [2.45, 2.75) is 18.9 Å². The van der Waals surface area contributed by atoms with Crippen molar-refractivity contribution >= 4 is 17.6 Å². The first-order valence-electron chi connectivity index (χ1n) is 10.6. The first kappa shape index (κ1) is 20.7. The minimum Gasteiger partial charge on any atom is -0.342 e. The van der Waals surface area contributed by atoms with E-state index in [1.54, 1.807) is 11.1 Å². The van der Waals surface area contributed by atoms with E-state index in [4.69, 9.17) is 0 Å². The Morgan fingerprint density at radius 3 is 2.26 bits per heavy atom. The van der Waals surface area contributed by atoms with Crippen LogP contribution in [0.3, 0.4) is 0 Å². The predicted molar refractivity (Wildman–Crippen MR) is 119 cm³/mol. The summed E-state index contributed by atoms with van der Waals surface area (Å²) in [6, 6.07) is 18.8. The molecule has 1 saturated heterocycles. The summed E-state index contributed by atoms with van der Waals surface area (Å²) in [5.74, 6) is 0.659. The standard InChI is InChI=1S/C24H27N5O2/c1-28-17-14-25-22(28)21(18-8-4-2-5-9-18)27-23(30)19-12-15-29(16-13-19)24(31)26-20-10-6-3-7-11-20/h2-11,14,17,19,21H,12-13,15-16H2,1H3,(H,26,31)(H,27,30)/t21-/m1/s1. The van der Waals surface area contributed by atoms with Gasteiger partial charge in [-0.2, -0.15) is 0 Å². The summed E-state index contributed by atoms with van der Waals surface area (Å²) < 4.78 is 1.93. The van der Waals surface area contributed by atoms with Gasteiger partial charge in [-0.1, -0.05) is 48.5 Å². The molecule has 2 aromatic carbocycles. The van der Waals surface area contributed by atoms with Crippen LogP contribution < -0.4 is 10.6 Å². The van der Waals surface area contributed by atoms with Crippen LogP contribution in [0.1, 0.15) is 30.3 Å². The molecule has 0 spiro atoms. The Balaban J connectivity index is 1.37. The third-order valence-electron chi connectivity index (χ3n) is 5.71. The fraction of sp³-hybridized carbons (Fsp3) is 0.292. The van der Waals surface area contributed by atoms with Crippen molar-refractivity contribution in [3.05, 3.63) is 84.4 Å². The summed E-state index contributed by atoms with van der Waals surface area (Å²) in [6.45, 7) is 1.10. The summed E-state index contributed by atoms with van der Waals surface area (Å²) in [4.78, 5) is 31.8. The number of hydrogen-bond donors (Lipinski definition) is 2. The number of anilines is 1. The minimum absolute atomic E-state index is 0.0000272. The van der Waals surface area contributed by atoms with Crippen LogP contribution in [0.4, 0.5) is 10.5 Å². The van der Waals surface area contributed by atoms with Crippen molar-refractivity contribution in [2.24, 2.45) is 13.0 Å². The van der Waals surface area contributed by atoms with E-state index in [9.17, 15) is 9.59 Å². The number of urea groups is 1. The molecule has 7 heteroatoms. The molecule has 3 amide bonds. The van der Waals surface area contributed by atoms with Gasteiger partial charge in [0.15, 0.2) is 0 Å². The van der Waals surface area contributed by atoms with Crippen LogP contribution in [0.2, 0.25) is 0 Å². The number of benzene rings is 2. The zero-order valence-corrected chi connectivity index (χ0v) is 17.6. The zero-order valence-electron chi connectivity index (χ0n) is 17.6. The second-order valence-electron chi connectivity index (χ2n) is 7.81. The highest BCUT2D eigenvalue weighted by Crippen LogP contribution is 2.24. The molecule has 2 heterocycles.